The van der Waals surface area contributed by atoms with E-state index in [0.717, 1.165) is 4.70 Å². The van der Waals surface area contributed by atoms with Gasteiger partial charge in [0.25, 0.3) is 5.91 Å². The fourth-order valence-electron chi connectivity index (χ4n) is 2.06. The first kappa shape index (κ1) is 15.4. The maximum Gasteiger partial charge on any atom is 0.303 e. The predicted molar refractivity (Wildman–Crippen MR) is 80.2 cm³/mol. The Hall–Kier alpha value is -1.95. The van der Waals surface area contributed by atoms with Crippen molar-refractivity contribution in [3.63, 3.8) is 0 Å². The number of rotatable bonds is 6. The molecule has 1 heterocycles. The fourth-order valence-corrected chi connectivity index (χ4v) is 3.04. The normalized spacial score (nSPS) is 12.3. The highest BCUT2D eigenvalue weighted by atomic mass is 32.1. The highest BCUT2D eigenvalue weighted by Crippen LogP contribution is 2.27. The Balaban J connectivity index is 1.98. The summed E-state index contributed by atoms with van der Waals surface area (Å²) in [5, 5.41) is 11.8. The number of fused-ring (bicyclic) bond motifs is 1. The molecule has 1 amide bonds. The Kier molecular flexibility index (Phi) is 4.90. The molecule has 0 radical (unpaired) electrons. The summed E-state index contributed by atoms with van der Waals surface area (Å²) in [4.78, 5) is 23.0. The van der Waals surface area contributed by atoms with Crippen LogP contribution in [0.15, 0.2) is 24.3 Å². The van der Waals surface area contributed by atoms with E-state index in [9.17, 15) is 14.0 Å². The van der Waals surface area contributed by atoms with Gasteiger partial charge in [-0.15, -0.1) is 11.3 Å². The van der Waals surface area contributed by atoms with Gasteiger partial charge in [-0.2, -0.15) is 0 Å². The molecular weight excluding hydrogens is 293 g/mol. The molecule has 4 nitrogen and oxygen atoms in total. The van der Waals surface area contributed by atoms with Gasteiger partial charge in [0.15, 0.2) is 0 Å². The van der Waals surface area contributed by atoms with Crippen LogP contribution in [0.5, 0.6) is 0 Å². The monoisotopic (exact) mass is 309 g/mol. The lowest BCUT2D eigenvalue weighted by Gasteiger charge is -2.12. The van der Waals surface area contributed by atoms with E-state index in [2.05, 4.69) is 5.32 Å². The van der Waals surface area contributed by atoms with Gasteiger partial charge in [-0.1, -0.05) is 6.07 Å². The molecule has 0 bridgehead atoms. The van der Waals surface area contributed by atoms with Crippen molar-refractivity contribution in [2.75, 3.05) is 0 Å². The molecule has 21 heavy (non-hydrogen) atoms. The zero-order valence-corrected chi connectivity index (χ0v) is 12.4. The Bertz CT molecular complexity index is 668. The number of carbonyl (C=O) groups excluding carboxylic acids is 1. The third-order valence-corrected chi connectivity index (χ3v) is 4.24. The molecule has 0 aliphatic heterocycles. The number of hydrogen-bond acceptors (Lipinski definition) is 3. The lowest BCUT2D eigenvalue weighted by molar-refractivity contribution is -0.137. The standard InChI is InChI=1S/C15H16FNO3S/c1-9(4-2-7-14(18)19)17-15(20)13-8-10-11(16)5-3-6-12(10)21-13/h3,5-6,8-9H,2,4,7H2,1H3,(H,17,20)(H,18,19). The second-order valence-electron chi connectivity index (χ2n) is 4.92. The van der Waals surface area contributed by atoms with E-state index < -0.39 is 5.97 Å². The number of aliphatic carboxylic acids is 1. The Morgan fingerprint density at radius 1 is 1.43 bits per heavy atom. The molecule has 0 aliphatic rings. The molecule has 2 N–H and O–H groups in total. The van der Waals surface area contributed by atoms with Crippen LogP contribution >= 0.6 is 11.3 Å². The van der Waals surface area contributed by atoms with Crippen LogP contribution in [-0.2, 0) is 4.79 Å². The summed E-state index contributed by atoms with van der Waals surface area (Å²) in [6, 6.07) is 6.19. The number of hydrogen-bond donors (Lipinski definition) is 2. The number of carbonyl (C=O) groups is 2. The molecule has 112 valence electrons. The smallest absolute Gasteiger partial charge is 0.303 e. The van der Waals surface area contributed by atoms with Gasteiger partial charge >= 0.3 is 5.97 Å². The number of carboxylic acids is 1. The van der Waals surface area contributed by atoms with Crippen LogP contribution in [0.1, 0.15) is 35.9 Å². The molecule has 0 spiro atoms. The second-order valence-corrected chi connectivity index (χ2v) is 6.01. The molecule has 2 aromatic rings. The zero-order chi connectivity index (χ0) is 15.4. The average Bonchev–Trinajstić information content (AvgIpc) is 2.83. The van der Waals surface area contributed by atoms with Gasteiger partial charge in [-0.05, 0) is 38.0 Å². The zero-order valence-electron chi connectivity index (χ0n) is 11.6. The lowest BCUT2D eigenvalue weighted by Crippen LogP contribution is -2.32. The minimum atomic E-state index is -0.839. The summed E-state index contributed by atoms with van der Waals surface area (Å²) in [5.74, 6) is -1.43. The van der Waals surface area contributed by atoms with Crippen molar-refractivity contribution < 1.29 is 19.1 Å². The molecule has 0 fully saturated rings. The van der Waals surface area contributed by atoms with E-state index in [1.807, 2.05) is 6.92 Å². The second kappa shape index (κ2) is 6.67. The van der Waals surface area contributed by atoms with E-state index in [0.29, 0.717) is 23.1 Å². The molecule has 1 unspecified atom stereocenters. The highest BCUT2D eigenvalue weighted by Gasteiger charge is 2.14. The number of halogens is 1. The molecule has 6 heteroatoms. The third-order valence-electron chi connectivity index (χ3n) is 3.14. The van der Waals surface area contributed by atoms with Gasteiger partial charge in [-0.25, -0.2) is 4.39 Å². The van der Waals surface area contributed by atoms with Crippen LogP contribution in [0.2, 0.25) is 0 Å². The van der Waals surface area contributed by atoms with Crippen LogP contribution in [-0.4, -0.2) is 23.0 Å². The number of nitrogens with one attached hydrogen (secondary N) is 1. The first-order valence-electron chi connectivity index (χ1n) is 6.68. The average molecular weight is 309 g/mol. The van der Waals surface area contributed by atoms with Gasteiger partial charge in [0.2, 0.25) is 0 Å². The summed E-state index contributed by atoms with van der Waals surface area (Å²) < 4.78 is 14.3. The number of thiophene rings is 1. The van der Waals surface area contributed by atoms with Crippen LogP contribution in [0, 0.1) is 5.82 Å². The van der Waals surface area contributed by atoms with E-state index in [4.69, 9.17) is 5.11 Å². The molecule has 1 aromatic carbocycles. The van der Waals surface area contributed by atoms with Gasteiger partial charge in [0.1, 0.15) is 5.82 Å². The fraction of sp³-hybridized carbons (Fsp3) is 0.333. The minimum Gasteiger partial charge on any atom is -0.481 e. The summed E-state index contributed by atoms with van der Waals surface area (Å²) in [6.45, 7) is 1.83. The summed E-state index contributed by atoms with van der Waals surface area (Å²) >= 11 is 1.24. The van der Waals surface area contributed by atoms with E-state index in [1.165, 1.54) is 17.4 Å². The maximum absolute atomic E-state index is 13.6. The quantitative estimate of drug-likeness (QED) is 0.859. The van der Waals surface area contributed by atoms with Crippen LogP contribution in [0.3, 0.4) is 0 Å². The van der Waals surface area contributed by atoms with Gasteiger partial charge < -0.3 is 10.4 Å². The number of benzene rings is 1. The molecule has 0 saturated carbocycles. The predicted octanol–water partition coefficient (Wildman–Crippen LogP) is 3.41. The van der Waals surface area contributed by atoms with Crippen molar-refractivity contribution in [3.05, 3.63) is 35.0 Å². The van der Waals surface area contributed by atoms with Gasteiger partial charge in [0, 0.05) is 22.5 Å². The summed E-state index contributed by atoms with van der Waals surface area (Å²) in [5.41, 5.74) is 0. The van der Waals surface area contributed by atoms with Gasteiger partial charge in [0.05, 0.1) is 4.88 Å². The molecule has 1 atom stereocenters. The Morgan fingerprint density at radius 2 is 2.19 bits per heavy atom. The van der Waals surface area contributed by atoms with Crippen molar-refractivity contribution in [1.29, 1.82) is 0 Å². The topological polar surface area (TPSA) is 66.4 Å². The number of amides is 1. The van der Waals surface area contributed by atoms with Crippen LogP contribution < -0.4 is 5.32 Å². The Labute approximate surface area is 125 Å². The minimum absolute atomic E-state index is 0.0916. The van der Waals surface area contributed by atoms with Crippen molar-refractivity contribution >= 4 is 33.3 Å². The lowest BCUT2D eigenvalue weighted by atomic mass is 10.1. The van der Waals surface area contributed by atoms with Crippen molar-refractivity contribution in [2.24, 2.45) is 0 Å². The third kappa shape index (κ3) is 4.01. The van der Waals surface area contributed by atoms with Crippen LogP contribution in [0.25, 0.3) is 10.1 Å². The SMILES string of the molecule is CC(CCCC(=O)O)NC(=O)c1cc2c(F)cccc2s1. The molecule has 0 saturated heterocycles. The van der Waals surface area contributed by atoms with Crippen LogP contribution in [0.4, 0.5) is 4.39 Å². The molecule has 0 aliphatic carbocycles. The first-order valence-corrected chi connectivity index (χ1v) is 7.49. The van der Waals surface area contributed by atoms with Crippen molar-refractivity contribution in [3.8, 4) is 0 Å². The van der Waals surface area contributed by atoms with E-state index in [-0.39, 0.29) is 24.2 Å². The van der Waals surface area contributed by atoms with Crippen molar-refractivity contribution in [2.45, 2.75) is 32.2 Å². The molecular formula is C15H16FNO3S. The van der Waals surface area contributed by atoms with Crippen molar-refractivity contribution in [1.82, 2.24) is 5.32 Å². The largest absolute Gasteiger partial charge is 0.481 e. The highest BCUT2D eigenvalue weighted by molar-refractivity contribution is 7.20. The van der Waals surface area contributed by atoms with E-state index >= 15 is 0 Å². The molecule has 2 rings (SSSR count). The summed E-state index contributed by atoms with van der Waals surface area (Å²) in [6.07, 6.45) is 1.20. The number of carboxylic acid groups (broad SMARTS) is 1. The Morgan fingerprint density at radius 3 is 2.86 bits per heavy atom. The van der Waals surface area contributed by atoms with E-state index in [1.54, 1.807) is 18.2 Å². The summed E-state index contributed by atoms with van der Waals surface area (Å²) in [7, 11) is 0. The first-order chi connectivity index (χ1) is 9.97. The maximum atomic E-state index is 13.6. The van der Waals surface area contributed by atoms with Gasteiger partial charge in [-0.3, -0.25) is 9.59 Å². The molecule has 1 aromatic heterocycles.